The molecule has 0 atom stereocenters. The molecule has 1 aromatic rings. The minimum atomic E-state index is -0.318. The van der Waals surface area contributed by atoms with Gasteiger partial charge in [0.1, 0.15) is 5.60 Å². The zero-order valence-corrected chi connectivity index (χ0v) is 16.2. The van der Waals surface area contributed by atoms with Crippen LogP contribution in [0.2, 0.25) is 0 Å². The van der Waals surface area contributed by atoms with Crippen LogP contribution in [-0.4, -0.2) is 48.2 Å². The SMILES string of the molecule is CC(C)(C)OC=O.O=c1cc(C2CCNCC2)nc(N2CCCCC2)[nH]1. The van der Waals surface area contributed by atoms with Crippen molar-refractivity contribution < 1.29 is 9.53 Å². The summed E-state index contributed by atoms with van der Waals surface area (Å²) >= 11 is 0. The molecule has 2 fully saturated rings. The molecule has 0 aromatic carbocycles. The molecule has 2 N–H and O–H groups in total. The van der Waals surface area contributed by atoms with Crippen LogP contribution in [0.4, 0.5) is 5.95 Å². The van der Waals surface area contributed by atoms with Crippen molar-refractivity contribution in [2.75, 3.05) is 31.1 Å². The molecule has 3 rings (SSSR count). The summed E-state index contributed by atoms with van der Waals surface area (Å²) in [4.78, 5) is 31.3. The topological polar surface area (TPSA) is 87.3 Å². The largest absolute Gasteiger partial charge is 0.462 e. The van der Waals surface area contributed by atoms with Crippen LogP contribution >= 0.6 is 0 Å². The van der Waals surface area contributed by atoms with Gasteiger partial charge in [-0.1, -0.05) is 0 Å². The van der Waals surface area contributed by atoms with Crippen molar-refractivity contribution in [1.82, 2.24) is 15.3 Å². The van der Waals surface area contributed by atoms with Gasteiger partial charge in [0.15, 0.2) is 0 Å². The van der Waals surface area contributed by atoms with Crippen LogP contribution in [0.25, 0.3) is 0 Å². The van der Waals surface area contributed by atoms with Gasteiger partial charge in [0.25, 0.3) is 12.0 Å². The van der Waals surface area contributed by atoms with Gasteiger partial charge in [-0.25, -0.2) is 4.98 Å². The van der Waals surface area contributed by atoms with E-state index < -0.39 is 0 Å². The molecule has 7 nitrogen and oxygen atoms in total. The lowest BCUT2D eigenvalue weighted by atomic mass is 9.94. The smallest absolute Gasteiger partial charge is 0.293 e. The van der Waals surface area contributed by atoms with E-state index in [1.165, 1.54) is 19.3 Å². The Hall–Kier alpha value is -1.89. The van der Waals surface area contributed by atoms with Gasteiger partial charge in [-0.2, -0.15) is 0 Å². The van der Waals surface area contributed by atoms with Crippen LogP contribution in [-0.2, 0) is 9.53 Å². The Morgan fingerprint density at radius 2 is 1.85 bits per heavy atom. The maximum Gasteiger partial charge on any atom is 0.293 e. The fourth-order valence-corrected chi connectivity index (χ4v) is 3.19. The summed E-state index contributed by atoms with van der Waals surface area (Å²) in [5.74, 6) is 1.22. The van der Waals surface area contributed by atoms with Gasteiger partial charge >= 0.3 is 0 Å². The number of nitrogens with one attached hydrogen (secondary N) is 2. The molecule has 0 saturated carbocycles. The Bertz CT molecular complexity index is 573. The summed E-state index contributed by atoms with van der Waals surface area (Å²) in [6, 6.07) is 1.68. The number of ether oxygens (including phenoxy) is 1. The van der Waals surface area contributed by atoms with Gasteiger partial charge in [-0.15, -0.1) is 0 Å². The third-order valence-electron chi connectivity index (χ3n) is 4.56. The number of H-pyrrole nitrogens is 1. The number of carbonyl (C=O) groups excluding carboxylic acids is 1. The summed E-state index contributed by atoms with van der Waals surface area (Å²) < 4.78 is 4.55. The van der Waals surface area contributed by atoms with Crippen LogP contribution in [0.15, 0.2) is 10.9 Å². The van der Waals surface area contributed by atoms with Crippen molar-refractivity contribution in [3.05, 3.63) is 22.1 Å². The number of nitrogens with zero attached hydrogens (tertiary/aromatic N) is 2. The lowest BCUT2D eigenvalue weighted by molar-refractivity contribution is -0.138. The fraction of sp³-hybridized carbons (Fsp3) is 0.737. The Labute approximate surface area is 155 Å². The van der Waals surface area contributed by atoms with E-state index in [9.17, 15) is 9.59 Å². The van der Waals surface area contributed by atoms with Crippen molar-refractivity contribution in [1.29, 1.82) is 0 Å². The number of piperidine rings is 2. The standard InChI is InChI=1S/C14H22N4O.C5H10O2/c19-13-10-12(11-4-6-15-7-5-11)16-14(17-13)18-8-2-1-3-9-18;1-5(2,3)7-4-6/h10-11,15H,1-9H2,(H,16,17,19);4H,1-3H3. The number of hydrogen-bond donors (Lipinski definition) is 2. The minimum absolute atomic E-state index is 0.0101. The maximum atomic E-state index is 11.9. The van der Waals surface area contributed by atoms with Crippen LogP contribution in [0.3, 0.4) is 0 Å². The van der Waals surface area contributed by atoms with E-state index in [2.05, 4.69) is 19.9 Å². The summed E-state index contributed by atoms with van der Waals surface area (Å²) in [6.45, 7) is 10.00. The average molecular weight is 364 g/mol. The lowest BCUT2D eigenvalue weighted by Crippen LogP contribution is -2.33. The van der Waals surface area contributed by atoms with Crippen LogP contribution in [0.1, 0.15) is 64.5 Å². The summed E-state index contributed by atoms with van der Waals surface area (Å²) in [7, 11) is 0. The van der Waals surface area contributed by atoms with E-state index in [0.29, 0.717) is 12.4 Å². The Balaban J connectivity index is 0.000000298. The van der Waals surface area contributed by atoms with Gasteiger partial charge in [0, 0.05) is 25.1 Å². The van der Waals surface area contributed by atoms with E-state index in [4.69, 9.17) is 4.98 Å². The second-order valence-corrected chi connectivity index (χ2v) is 7.89. The van der Waals surface area contributed by atoms with Crippen molar-refractivity contribution >= 4 is 12.4 Å². The van der Waals surface area contributed by atoms with E-state index in [1.807, 2.05) is 20.8 Å². The first-order valence-corrected chi connectivity index (χ1v) is 9.57. The van der Waals surface area contributed by atoms with Crippen LogP contribution in [0.5, 0.6) is 0 Å². The first kappa shape index (κ1) is 20.4. The third-order valence-corrected chi connectivity index (χ3v) is 4.56. The number of aromatic amines is 1. The predicted octanol–water partition coefficient (Wildman–Crippen LogP) is 2.19. The second-order valence-electron chi connectivity index (χ2n) is 7.89. The number of carbonyl (C=O) groups is 1. The second kappa shape index (κ2) is 9.71. The van der Waals surface area contributed by atoms with Gasteiger partial charge in [-0.05, 0) is 66.0 Å². The Morgan fingerprint density at radius 3 is 2.38 bits per heavy atom. The van der Waals surface area contributed by atoms with Crippen LogP contribution < -0.4 is 15.8 Å². The molecule has 7 heteroatoms. The molecule has 146 valence electrons. The highest BCUT2D eigenvalue weighted by Gasteiger charge is 2.20. The molecule has 1 aromatic heterocycles. The fourth-order valence-electron chi connectivity index (χ4n) is 3.19. The first-order valence-electron chi connectivity index (χ1n) is 9.57. The maximum absolute atomic E-state index is 11.9. The van der Waals surface area contributed by atoms with Gasteiger partial charge < -0.3 is 15.0 Å². The quantitative estimate of drug-likeness (QED) is 0.800. The van der Waals surface area contributed by atoms with E-state index in [1.54, 1.807) is 6.07 Å². The molecular formula is C19H32N4O3. The highest BCUT2D eigenvalue weighted by Crippen LogP contribution is 2.24. The monoisotopic (exact) mass is 364 g/mol. The first-order chi connectivity index (χ1) is 12.4. The van der Waals surface area contributed by atoms with Gasteiger partial charge in [0.05, 0.1) is 5.69 Å². The molecule has 2 aliphatic rings. The molecule has 0 amide bonds. The molecule has 2 saturated heterocycles. The zero-order valence-electron chi connectivity index (χ0n) is 16.2. The number of aromatic nitrogens is 2. The number of hydrogen-bond acceptors (Lipinski definition) is 6. The molecule has 0 bridgehead atoms. The lowest BCUT2D eigenvalue weighted by Gasteiger charge is -2.28. The van der Waals surface area contributed by atoms with E-state index in [-0.39, 0.29) is 11.2 Å². The van der Waals surface area contributed by atoms with Crippen molar-refractivity contribution in [3.8, 4) is 0 Å². The molecule has 0 unspecified atom stereocenters. The van der Waals surface area contributed by atoms with Crippen molar-refractivity contribution in [2.45, 2.75) is 64.4 Å². The molecule has 0 aliphatic carbocycles. The summed E-state index contributed by atoms with van der Waals surface area (Å²) in [6.07, 6.45) is 5.84. The number of rotatable bonds is 3. The highest BCUT2D eigenvalue weighted by molar-refractivity contribution is 5.37. The average Bonchev–Trinajstić information content (AvgIpc) is 2.62. The van der Waals surface area contributed by atoms with Crippen molar-refractivity contribution in [2.24, 2.45) is 0 Å². The Morgan fingerprint density at radius 1 is 1.19 bits per heavy atom. The highest BCUT2D eigenvalue weighted by atomic mass is 16.5. The summed E-state index contributed by atoms with van der Waals surface area (Å²) in [5, 5.41) is 3.35. The number of anilines is 1. The molecule has 3 heterocycles. The molecular weight excluding hydrogens is 332 g/mol. The summed E-state index contributed by atoms with van der Waals surface area (Å²) in [5.41, 5.74) is 0.650. The molecule has 2 aliphatic heterocycles. The zero-order chi connectivity index (χ0) is 19.0. The third kappa shape index (κ3) is 6.78. The van der Waals surface area contributed by atoms with Crippen LogP contribution in [0, 0.1) is 0 Å². The van der Waals surface area contributed by atoms with Crippen molar-refractivity contribution in [3.63, 3.8) is 0 Å². The van der Waals surface area contributed by atoms with E-state index >= 15 is 0 Å². The minimum Gasteiger partial charge on any atom is -0.462 e. The normalized spacial score (nSPS) is 18.7. The molecule has 26 heavy (non-hydrogen) atoms. The van der Waals surface area contributed by atoms with Gasteiger partial charge in [-0.3, -0.25) is 14.6 Å². The predicted molar refractivity (Wildman–Crippen MR) is 103 cm³/mol. The molecule has 0 spiro atoms. The van der Waals surface area contributed by atoms with Gasteiger partial charge in [0.2, 0.25) is 5.95 Å². The molecule has 0 radical (unpaired) electrons. The Kier molecular flexibility index (Phi) is 7.63. The van der Waals surface area contributed by atoms with E-state index in [0.717, 1.165) is 50.7 Å².